The average molecular weight is 289 g/mol. The van der Waals surface area contributed by atoms with Crippen LogP contribution in [-0.4, -0.2) is 35.0 Å². The molecule has 1 N–H and O–H groups in total. The van der Waals surface area contributed by atoms with E-state index < -0.39 is 0 Å². The van der Waals surface area contributed by atoms with E-state index in [0.717, 1.165) is 19.5 Å². The molecular weight excluding hydrogens is 275 g/mol. The monoisotopic (exact) mass is 288 g/mol. The van der Waals surface area contributed by atoms with Crippen LogP contribution in [0.2, 0.25) is 10.4 Å². The minimum absolute atomic E-state index is 0.0700. The van der Waals surface area contributed by atoms with Crippen LogP contribution in [0.3, 0.4) is 0 Å². The van der Waals surface area contributed by atoms with Crippen molar-refractivity contribution >= 4 is 34.9 Å². The molecule has 1 fully saturated rings. The van der Waals surface area contributed by atoms with Gasteiger partial charge in [-0.3, -0.25) is 4.79 Å². The standard InChI is InChI=1S/C11H14Cl2N4O/c1-2-10(18)14-7-3-4-17(6-7)9-5-8(12)15-11(13)16-9/h5,7H,2-4,6H2,1H3,(H,14,18). The molecule has 7 heteroatoms. The molecule has 0 spiro atoms. The van der Waals surface area contributed by atoms with Gasteiger partial charge in [0.1, 0.15) is 11.0 Å². The first-order valence-corrected chi connectivity index (χ1v) is 6.58. The predicted octanol–water partition coefficient (Wildman–Crippen LogP) is 1.89. The maximum absolute atomic E-state index is 11.3. The highest BCUT2D eigenvalue weighted by molar-refractivity contribution is 6.32. The van der Waals surface area contributed by atoms with Gasteiger partial charge in [0.2, 0.25) is 11.2 Å². The number of halogens is 2. The van der Waals surface area contributed by atoms with Gasteiger partial charge in [0.15, 0.2) is 0 Å². The number of carbonyl (C=O) groups is 1. The van der Waals surface area contributed by atoms with Gasteiger partial charge in [0, 0.05) is 31.6 Å². The molecule has 1 aromatic heterocycles. The average Bonchev–Trinajstić information content (AvgIpc) is 2.76. The van der Waals surface area contributed by atoms with Crippen LogP contribution in [0.5, 0.6) is 0 Å². The highest BCUT2D eigenvalue weighted by Crippen LogP contribution is 2.22. The minimum Gasteiger partial charge on any atom is -0.354 e. The predicted molar refractivity (Wildman–Crippen MR) is 71.1 cm³/mol. The van der Waals surface area contributed by atoms with Gasteiger partial charge >= 0.3 is 0 Å². The SMILES string of the molecule is CCC(=O)NC1CCN(c2cc(Cl)nc(Cl)n2)C1. The summed E-state index contributed by atoms with van der Waals surface area (Å²) in [7, 11) is 0. The third-order valence-corrected chi connectivity index (χ3v) is 3.22. The van der Waals surface area contributed by atoms with Crippen LogP contribution in [0, 0.1) is 0 Å². The van der Waals surface area contributed by atoms with E-state index in [4.69, 9.17) is 23.2 Å². The molecule has 1 aliphatic heterocycles. The van der Waals surface area contributed by atoms with Gasteiger partial charge in [-0.2, -0.15) is 0 Å². The number of nitrogens with one attached hydrogen (secondary N) is 1. The summed E-state index contributed by atoms with van der Waals surface area (Å²) in [5.74, 6) is 0.772. The molecule has 1 aliphatic rings. The van der Waals surface area contributed by atoms with E-state index in [-0.39, 0.29) is 17.2 Å². The zero-order valence-corrected chi connectivity index (χ0v) is 11.5. The Morgan fingerprint density at radius 3 is 3.00 bits per heavy atom. The minimum atomic E-state index is 0.0700. The van der Waals surface area contributed by atoms with E-state index in [2.05, 4.69) is 15.3 Å². The molecule has 1 unspecified atom stereocenters. The van der Waals surface area contributed by atoms with E-state index in [1.54, 1.807) is 6.07 Å². The molecule has 2 rings (SSSR count). The summed E-state index contributed by atoms with van der Waals surface area (Å²) >= 11 is 11.6. The summed E-state index contributed by atoms with van der Waals surface area (Å²) in [6.07, 6.45) is 1.40. The van der Waals surface area contributed by atoms with Crippen molar-refractivity contribution in [3.63, 3.8) is 0 Å². The molecule has 2 heterocycles. The summed E-state index contributed by atoms with van der Waals surface area (Å²) in [5, 5.41) is 3.43. The van der Waals surface area contributed by atoms with Gasteiger partial charge in [0.05, 0.1) is 0 Å². The maximum atomic E-state index is 11.3. The Morgan fingerprint density at radius 1 is 1.56 bits per heavy atom. The molecular formula is C11H14Cl2N4O. The molecule has 0 aliphatic carbocycles. The van der Waals surface area contributed by atoms with Gasteiger partial charge in [-0.05, 0) is 18.0 Å². The Labute approximate surface area is 115 Å². The molecule has 98 valence electrons. The lowest BCUT2D eigenvalue weighted by Crippen LogP contribution is -2.36. The smallest absolute Gasteiger partial charge is 0.225 e. The second-order valence-electron chi connectivity index (χ2n) is 4.17. The Kier molecular flexibility index (Phi) is 4.24. The van der Waals surface area contributed by atoms with E-state index in [1.807, 2.05) is 11.8 Å². The number of rotatable bonds is 3. The third kappa shape index (κ3) is 3.23. The van der Waals surface area contributed by atoms with E-state index in [1.165, 1.54) is 0 Å². The summed E-state index contributed by atoms with van der Waals surface area (Å²) in [6.45, 7) is 3.37. The highest BCUT2D eigenvalue weighted by Gasteiger charge is 2.24. The highest BCUT2D eigenvalue weighted by atomic mass is 35.5. The Morgan fingerprint density at radius 2 is 2.33 bits per heavy atom. The fraction of sp³-hybridized carbons (Fsp3) is 0.545. The summed E-state index contributed by atoms with van der Waals surface area (Å²) in [6, 6.07) is 1.84. The topological polar surface area (TPSA) is 58.1 Å². The number of carbonyl (C=O) groups excluding carboxylic acids is 1. The lowest BCUT2D eigenvalue weighted by molar-refractivity contribution is -0.121. The Balaban J connectivity index is 2.01. The van der Waals surface area contributed by atoms with Crippen molar-refractivity contribution in [3.8, 4) is 0 Å². The number of hydrogen-bond donors (Lipinski definition) is 1. The third-order valence-electron chi connectivity index (χ3n) is 2.85. The van der Waals surface area contributed by atoms with Crippen molar-refractivity contribution in [1.82, 2.24) is 15.3 Å². The van der Waals surface area contributed by atoms with Crippen molar-refractivity contribution in [1.29, 1.82) is 0 Å². The lowest BCUT2D eigenvalue weighted by Gasteiger charge is -2.18. The van der Waals surface area contributed by atoms with Crippen LogP contribution in [0.25, 0.3) is 0 Å². The second kappa shape index (κ2) is 5.71. The van der Waals surface area contributed by atoms with Crippen molar-refractivity contribution < 1.29 is 4.79 Å². The molecule has 18 heavy (non-hydrogen) atoms. The van der Waals surface area contributed by atoms with Gasteiger partial charge in [-0.25, -0.2) is 9.97 Å². The molecule has 0 bridgehead atoms. The first kappa shape index (κ1) is 13.4. The van der Waals surface area contributed by atoms with Crippen molar-refractivity contribution in [2.24, 2.45) is 0 Å². The van der Waals surface area contributed by atoms with E-state index in [0.29, 0.717) is 17.4 Å². The quantitative estimate of drug-likeness (QED) is 0.682. The van der Waals surface area contributed by atoms with Crippen LogP contribution in [0.4, 0.5) is 5.82 Å². The Hall–Kier alpha value is -1.07. The zero-order valence-electron chi connectivity index (χ0n) is 9.99. The van der Waals surface area contributed by atoms with Crippen molar-refractivity contribution in [2.75, 3.05) is 18.0 Å². The molecule has 1 atom stereocenters. The fourth-order valence-corrected chi connectivity index (χ4v) is 2.36. The molecule has 0 radical (unpaired) electrons. The number of nitrogens with zero attached hydrogens (tertiary/aromatic N) is 3. The maximum Gasteiger partial charge on any atom is 0.225 e. The summed E-state index contributed by atoms with van der Waals surface area (Å²) in [4.78, 5) is 21.3. The fourth-order valence-electron chi connectivity index (χ4n) is 1.96. The van der Waals surface area contributed by atoms with Crippen LogP contribution in [-0.2, 0) is 4.79 Å². The number of amides is 1. The van der Waals surface area contributed by atoms with Crippen LogP contribution in [0.1, 0.15) is 19.8 Å². The number of anilines is 1. The van der Waals surface area contributed by atoms with Gasteiger partial charge < -0.3 is 10.2 Å². The van der Waals surface area contributed by atoms with E-state index in [9.17, 15) is 4.79 Å². The molecule has 0 aromatic carbocycles. The van der Waals surface area contributed by atoms with Crippen LogP contribution in [0.15, 0.2) is 6.07 Å². The van der Waals surface area contributed by atoms with Gasteiger partial charge in [-0.15, -0.1) is 0 Å². The van der Waals surface area contributed by atoms with Gasteiger partial charge in [0.25, 0.3) is 0 Å². The second-order valence-corrected chi connectivity index (χ2v) is 4.90. The first-order chi connectivity index (χ1) is 8.58. The molecule has 1 aromatic rings. The molecule has 5 nitrogen and oxygen atoms in total. The van der Waals surface area contributed by atoms with Crippen molar-refractivity contribution in [3.05, 3.63) is 16.5 Å². The van der Waals surface area contributed by atoms with Crippen LogP contribution < -0.4 is 10.2 Å². The van der Waals surface area contributed by atoms with Gasteiger partial charge in [-0.1, -0.05) is 18.5 Å². The molecule has 1 saturated heterocycles. The summed E-state index contributed by atoms with van der Waals surface area (Å²) < 4.78 is 0. The van der Waals surface area contributed by atoms with Crippen molar-refractivity contribution in [2.45, 2.75) is 25.8 Å². The lowest BCUT2D eigenvalue weighted by atomic mass is 10.2. The largest absolute Gasteiger partial charge is 0.354 e. The number of hydrogen-bond acceptors (Lipinski definition) is 4. The van der Waals surface area contributed by atoms with E-state index >= 15 is 0 Å². The van der Waals surface area contributed by atoms with Crippen LogP contribution >= 0.6 is 23.2 Å². The zero-order chi connectivity index (χ0) is 13.1. The first-order valence-electron chi connectivity index (χ1n) is 5.83. The Bertz CT molecular complexity index is 434. The summed E-state index contributed by atoms with van der Waals surface area (Å²) in [5.41, 5.74) is 0. The normalized spacial score (nSPS) is 19.1. The molecule has 1 amide bonds. The number of aromatic nitrogens is 2. The molecule has 0 saturated carbocycles.